The van der Waals surface area contributed by atoms with E-state index in [0.29, 0.717) is 31.2 Å². The van der Waals surface area contributed by atoms with Gasteiger partial charge in [0, 0.05) is 64.5 Å². The van der Waals surface area contributed by atoms with E-state index in [-0.39, 0.29) is 17.9 Å². The van der Waals surface area contributed by atoms with Gasteiger partial charge < -0.3 is 9.80 Å². The second kappa shape index (κ2) is 10.2. The molecule has 0 atom stereocenters. The van der Waals surface area contributed by atoms with E-state index in [1.807, 2.05) is 17.0 Å². The third-order valence-corrected chi connectivity index (χ3v) is 9.48. The highest BCUT2D eigenvalue weighted by Gasteiger charge is 2.37. The van der Waals surface area contributed by atoms with Crippen LogP contribution in [-0.4, -0.2) is 85.2 Å². The molecule has 0 bridgehead atoms. The number of amides is 1. The van der Waals surface area contributed by atoms with Crippen LogP contribution in [0.4, 0.5) is 5.82 Å². The second-order valence-corrected chi connectivity index (χ2v) is 11.6. The van der Waals surface area contributed by atoms with Crippen molar-refractivity contribution in [3.8, 4) is 0 Å². The first kappa shape index (κ1) is 23.7. The van der Waals surface area contributed by atoms with Gasteiger partial charge in [0.25, 0.3) is 10.2 Å². The van der Waals surface area contributed by atoms with Crippen molar-refractivity contribution in [2.45, 2.75) is 51.0 Å². The van der Waals surface area contributed by atoms with Crippen molar-refractivity contribution in [2.75, 3.05) is 51.2 Å². The zero-order chi connectivity index (χ0) is 22.7. The fourth-order valence-corrected chi connectivity index (χ4v) is 6.81. The van der Waals surface area contributed by atoms with E-state index in [4.69, 9.17) is 11.6 Å². The van der Waals surface area contributed by atoms with Gasteiger partial charge in [0.2, 0.25) is 5.91 Å². The Kier molecular flexibility index (Phi) is 7.59. The molecule has 2 aliphatic heterocycles. The van der Waals surface area contributed by atoms with Gasteiger partial charge in [-0.15, -0.1) is 0 Å². The minimum atomic E-state index is -3.47. The zero-order valence-electron chi connectivity index (χ0n) is 18.8. The highest BCUT2D eigenvalue weighted by molar-refractivity contribution is 7.86. The van der Waals surface area contributed by atoms with E-state index in [2.05, 4.69) is 9.88 Å². The van der Waals surface area contributed by atoms with Crippen molar-refractivity contribution in [3.63, 3.8) is 0 Å². The monoisotopic (exact) mass is 483 g/mol. The number of halogens is 1. The van der Waals surface area contributed by atoms with Crippen LogP contribution in [0.25, 0.3) is 0 Å². The van der Waals surface area contributed by atoms with Gasteiger partial charge in [-0.25, -0.2) is 4.98 Å². The number of carbonyl (C=O) groups is 1. The Hall–Kier alpha value is -1.42. The molecule has 1 aliphatic carbocycles. The molecule has 32 heavy (non-hydrogen) atoms. The molecule has 3 heterocycles. The molecular weight excluding hydrogens is 450 g/mol. The van der Waals surface area contributed by atoms with Crippen molar-refractivity contribution >= 4 is 33.5 Å². The van der Waals surface area contributed by atoms with Crippen molar-refractivity contribution < 1.29 is 13.2 Å². The molecule has 10 heteroatoms. The van der Waals surface area contributed by atoms with Gasteiger partial charge in [-0.2, -0.15) is 17.0 Å². The summed E-state index contributed by atoms with van der Waals surface area (Å²) in [5.74, 6) is 1.04. The summed E-state index contributed by atoms with van der Waals surface area (Å²) in [6.45, 7) is 3.25. The maximum Gasteiger partial charge on any atom is 0.282 e. The molecule has 3 fully saturated rings. The van der Waals surface area contributed by atoms with Crippen LogP contribution in [0.15, 0.2) is 18.3 Å². The lowest BCUT2D eigenvalue weighted by atomic mass is 9.95. The molecule has 3 aliphatic rings. The second-order valence-electron chi connectivity index (χ2n) is 9.14. The molecule has 4 rings (SSSR count). The topological polar surface area (TPSA) is 77.1 Å². The smallest absolute Gasteiger partial charge is 0.282 e. The van der Waals surface area contributed by atoms with E-state index in [1.54, 1.807) is 21.9 Å². The lowest BCUT2D eigenvalue weighted by Crippen LogP contribution is -2.56. The number of nitrogens with zero attached hydrogens (tertiary/aromatic N) is 5. The molecule has 1 saturated carbocycles. The largest absolute Gasteiger partial charge is 0.357 e. The van der Waals surface area contributed by atoms with Crippen LogP contribution in [0.1, 0.15) is 44.9 Å². The molecule has 178 valence electrons. The van der Waals surface area contributed by atoms with Crippen LogP contribution in [0.3, 0.4) is 0 Å². The Bertz CT molecular complexity index is 875. The molecule has 2 saturated heterocycles. The lowest BCUT2D eigenvalue weighted by Gasteiger charge is -2.40. The number of hydrogen-bond acceptors (Lipinski definition) is 5. The predicted molar refractivity (Wildman–Crippen MR) is 126 cm³/mol. The van der Waals surface area contributed by atoms with E-state index in [9.17, 15) is 13.2 Å². The quantitative estimate of drug-likeness (QED) is 0.643. The number of rotatable bonds is 5. The highest BCUT2D eigenvalue weighted by Crippen LogP contribution is 2.27. The Morgan fingerprint density at radius 3 is 2.25 bits per heavy atom. The summed E-state index contributed by atoms with van der Waals surface area (Å²) in [6.07, 6.45) is 8.49. The molecule has 1 amide bonds. The molecule has 0 unspecified atom stereocenters. The Labute approximate surface area is 196 Å². The third-order valence-electron chi connectivity index (χ3n) is 7.21. The summed E-state index contributed by atoms with van der Waals surface area (Å²) in [5, 5.41) is 0.616. The first-order valence-electron chi connectivity index (χ1n) is 11.7. The fraction of sp³-hybridized carbons (Fsp3) is 0.727. The molecule has 1 aromatic heterocycles. The van der Waals surface area contributed by atoms with E-state index in [0.717, 1.165) is 57.4 Å². The Morgan fingerprint density at radius 2 is 1.66 bits per heavy atom. The number of piperazine rings is 1. The Balaban J connectivity index is 1.27. The van der Waals surface area contributed by atoms with Crippen LogP contribution in [0.5, 0.6) is 0 Å². The SMILES string of the molecule is CN(C1CCCCC1)S(=O)(=O)N1CCN(C(=O)C2CCN(c3ccc(Cl)cn3)CC2)CC1. The lowest BCUT2D eigenvalue weighted by molar-refractivity contribution is -0.137. The number of aromatic nitrogens is 1. The van der Waals surface area contributed by atoms with Crippen molar-refractivity contribution in [3.05, 3.63) is 23.4 Å². The maximum absolute atomic E-state index is 13.1. The predicted octanol–water partition coefficient (Wildman–Crippen LogP) is 2.60. The molecule has 8 nitrogen and oxygen atoms in total. The number of piperidine rings is 1. The summed E-state index contributed by atoms with van der Waals surface area (Å²) in [7, 11) is -1.76. The van der Waals surface area contributed by atoms with Crippen LogP contribution in [0.2, 0.25) is 5.02 Å². The van der Waals surface area contributed by atoms with Gasteiger partial charge >= 0.3 is 0 Å². The molecule has 0 radical (unpaired) electrons. The van der Waals surface area contributed by atoms with Crippen molar-refractivity contribution in [1.29, 1.82) is 0 Å². The standard InChI is InChI=1S/C22H34ClN5O3S/c1-25(20-5-3-2-4-6-20)32(30,31)28-15-13-27(14-16-28)22(29)18-9-11-26(12-10-18)21-8-7-19(23)17-24-21/h7-8,17-18,20H,2-6,9-16H2,1H3. The average Bonchev–Trinajstić information content (AvgIpc) is 2.84. The summed E-state index contributed by atoms with van der Waals surface area (Å²) < 4.78 is 29.3. The van der Waals surface area contributed by atoms with Gasteiger partial charge in [0.1, 0.15) is 5.82 Å². The van der Waals surface area contributed by atoms with Crippen LogP contribution >= 0.6 is 11.6 Å². The van der Waals surface area contributed by atoms with Gasteiger partial charge in [-0.05, 0) is 37.8 Å². The van der Waals surface area contributed by atoms with Gasteiger partial charge in [-0.1, -0.05) is 30.9 Å². The summed E-state index contributed by atoms with van der Waals surface area (Å²) in [6, 6.07) is 3.85. The normalized spacial score (nSPS) is 22.5. The molecule has 0 aromatic carbocycles. The first-order chi connectivity index (χ1) is 15.4. The first-order valence-corrected chi connectivity index (χ1v) is 13.5. The van der Waals surface area contributed by atoms with Crippen LogP contribution in [-0.2, 0) is 15.0 Å². The van der Waals surface area contributed by atoms with Crippen molar-refractivity contribution in [2.24, 2.45) is 5.92 Å². The number of carbonyl (C=O) groups excluding carboxylic acids is 1. The fourth-order valence-electron chi connectivity index (χ4n) is 5.12. The molecule has 1 aromatic rings. The zero-order valence-corrected chi connectivity index (χ0v) is 20.4. The molecule has 0 spiro atoms. The summed E-state index contributed by atoms with van der Waals surface area (Å²) in [4.78, 5) is 21.5. The summed E-state index contributed by atoms with van der Waals surface area (Å²) in [5.41, 5.74) is 0. The van der Waals surface area contributed by atoms with Crippen molar-refractivity contribution in [1.82, 2.24) is 18.5 Å². The number of hydrogen-bond donors (Lipinski definition) is 0. The van der Waals surface area contributed by atoms with E-state index >= 15 is 0 Å². The van der Waals surface area contributed by atoms with E-state index < -0.39 is 10.2 Å². The summed E-state index contributed by atoms with van der Waals surface area (Å²) >= 11 is 5.92. The van der Waals surface area contributed by atoms with Gasteiger partial charge in [0.05, 0.1) is 5.02 Å². The van der Waals surface area contributed by atoms with E-state index in [1.165, 1.54) is 6.42 Å². The van der Waals surface area contributed by atoms with Crippen LogP contribution in [0, 0.1) is 5.92 Å². The molecular formula is C22H34ClN5O3S. The number of anilines is 1. The minimum Gasteiger partial charge on any atom is -0.357 e. The average molecular weight is 484 g/mol. The Morgan fingerprint density at radius 1 is 1.00 bits per heavy atom. The minimum absolute atomic E-state index is 0.00776. The molecule has 0 N–H and O–H groups in total. The van der Waals surface area contributed by atoms with Crippen LogP contribution < -0.4 is 4.90 Å². The maximum atomic E-state index is 13.1. The van der Waals surface area contributed by atoms with Gasteiger partial charge in [0.15, 0.2) is 0 Å². The highest BCUT2D eigenvalue weighted by atomic mass is 35.5. The third kappa shape index (κ3) is 5.21. The number of pyridine rings is 1. The van der Waals surface area contributed by atoms with Gasteiger partial charge in [-0.3, -0.25) is 4.79 Å².